The summed E-state index contributed by atoms with van der Waals surface area (Å²) in [7, 11) is 3.49. The number of rotatable bonds is 6. The van der Waals surface area contributed by atoms with Crippen molar-refractivity contribution in [2.75, 3.05) is 38.8 Å². The monoisotopic (exact) mass is 300 g/mol. The lowest BCUT2D eigenvalue weighted by atomic mass is 10.0. The number of carboxylic acids is 1. The van der Waals surface area contributed by atoms with Gasteiger partial charge in [0.05, 0.1) is 12.3 Å². The Kier molecular flexibility index (Phi) is 5.33. The summed E-state index contributed by atoms with van der Waals surface area (Å²) in [6, 6.07) is 0. The molecule has 1 aliphatic rings. The van der Waals surface area contributed by atoms with Crippen molar-refractivity contribution in [3.63, 3.8) is 0 Å². The van der Waals surface area contributed by atoms with Crippen LogP contribution in [0.25, 0.3) is 0 Å². The van der Waals surface area contributed by atoms with E-state index in [0.717, 1.165) is 37.7 Å². The molecule has 0 aliphatic carbocycles. The molecule has 1 fully saturated rings. The first-order valence-corrected chi connectivity index (χ1v) is 7.44. The molecule has 1 aromatic rings. The maximum Gasteiger partial charge on any atom is 0.347 e. The number of aromatic nitrogens is 1. The van der Waals surface area contributed by atoms with Crippen LogP contribution in [-0.4, -0.2) is 50.0 Å². The maximum absolute atomic E-state index is 11.2. The van der Waals surface area contributed by atoms with Crippen LogP contribution in [0.1, 0.15) is 28.2 Å². The molecule has 0 unspecified atom stereocenters. The van der Waals surface area contributed by atoms with Crippen molar-refractivity contribution >= 4 is 22.4 Å². The first-order valence-electron chi connectivity index (χ1n) is 6.62. The number of anilines is 1. The fourth-order valence-corrected chi connectivity index (χ4v) is 3.18. The van der Waals surface area contributed by atoms with E-state index in [1.165, 1.54) is 18.4 Å². The molecule has 0 bridgehead atoms. The maximum atomic E-state index is 11.2. The fourth-order valence-electron chi connectivity index (χ4n) is 2.30. The lowest BCUT2D eigenvalue weighted by molar-refractivity contribution is 0.0684. The zero-order valence-electron chi connectivity index (χ0n) is 11.8. The van der Waals surface area contributed by atoms with Crippen molar-refractivity contribution < 1.29 is 19.4 Å². The Balaban J connectivity index is 2.06. The number of aromatic carboxylic acids is 1. The average molecular weight is 300 g/mol. The van der Waals surface area contributed by atoms with Crippen molar-refractivity contribution in [1.82, 2.24) is 4.98 Å². The molecule has 20 heavy (non-hydrogen) atoms. The second-order valence-corrected chi connectivity index (χ2v) is 5.92. The zero-order chi connectivity index (χ0) is 14.5. The van der Waals surface area contributed by atoms with Gasteiger partial charge in [-0.2, -0.15) is 0 Å². The molecule has 0 saturated carbocycles. The molecule has 0 radical (unpaired) electrons. The van der Waals surface area contributed by atoms with Crippen LogP contribution in [0, 0.1) is 5.92 Å². The van der Waals surface area contributed by atoms with Crippen molar-refractivity contribution in [2.24, 2.45) is 5.92 Å². The molecule has 7 heteroatoms. The van der Waals surface area contributed by atoms with Gasteiger partial charge >= 0.3 is 5.97 Å². The van der Waals surface area contributed by atoms with E-state index in [4.69, 9.17) is 9.47 Å². The van der Waals surface area contributed by atoms with Crippen LogP contribution in [-0.2, 0) is 16.1 Å². The molecule has 0 aromatic carbocycles. The molecule has 1 saturated heterocycles. The molecule has 2 heterocycles. The van der Waals surface area contributed by atoms with Crippen LogP contribution >= 0.6 is 11.3 Å². The van der Waals surface area contributed by atoms with Crippen LogP contribution in [0.15, 0.2) is 0 Å². The van der Waals surface area contributed by atoms with E-state index in [1.807, 2.05) is 11.9 Å². The Morgan fingerprint density at radius 3 is 2.85 bits per heavy atom. The highest BCUT2D eigenvalue weighted by Crippen LogP contribution is 2.28. The smallest absolute Gasteiger partial charge is 0.347 e. The van der Waals surface area contributed by atoms with E-state index in [1.54, 1.807) is 0 Å². The highest BCUT2D eigenvalue weighted by molar-refractivity contribution is 7.17. The molecule has 1 N–H and O–H groups in total. The van der Waals surface area contributed by atoms with Gasteiger partial charge in [0.2, 0.25) is 0 Å². The summed E-state index contributed by atoms with van der Waals surface area (Å²) in [4.78, 5) is 17.9. The number of nitrogens with zero attached hydrogens (tertiary/aromatic N) is 2. The number of hydrogen-bond donors (Lipinski definition) is 1. The summed E-state index contributed by atoms with van der Waals surface area (Å²) in [5.74, 6) is -0.364. The molecule has 0 spiro atoms. The van der Waals surface area contributed by atoms with Gasteiger partial charge in [-0.3, -0.25) is 0 Å². The molecule has 6 nitrogen and oxygen atoms in total. The second kappa shape index (κ2) is 7.01. The summed E-state index contributed by atoms with van der Waals surface area (Å²) in [6.07, 6.45) is 2.10. The first kappa shape index (κ1) is 15.2. The topological polar surface area (TPSA) is 71.9 Å². The second-order valence-electron chi connectivity index (χ2n) is 4.95. The lowest BCUT2D eigenvalue weighted by Gasteiger charge is -2.26. The summed E-state index contributed by atoms with van der Waals surface area (Å²) in [5.41, 5.74) is 0.499. The van der Waals surface area contributed by atoms with E-state index in [0.29, 0.717) is 11.6 Å². The SMILES string of the molecule is COCc1nc(N(C)CC2CCOCC2)sc1C(=O)O. The van der Waals surface area contributed by atoms with E-state index < -0.39 is 5.97 Å². The Morgan fingerprint density at radius 1 is 1.55 bits per heavy atom. The van der Waals surface area contributed by atoms with Crippen molar-refractivity contribution in [3.8, 4) is 0 Å². The fraction of sp³-hybridized carbons (Fsp3) is 0.692. The predicted molar refractivity (Wildman–Crippen MR) is 76.6 cm³/mol. The van der Waals surface area contributed by atoms with Gasteiger partial charge < -0.3 is 19.5 Å². The molecular weight excluding hydrogens is 280 g/mol. The molecular formula is C13H20N2O4S. The number of ether oxygens (including phenoxy) is 2. The van der Waals surface area contributed by atoms with Gasteiger partial charge in [-0.1, -0.05) is 11.3 Å². The van der Waals surface area contributed by atoms with Crippen molar-refractivity contribution in [1.29, 1.82) is 0 Å². The minimum atomic E-state index is -0.944. The first-order chi connectivity index (χ1) is 9.61. The van der Waals surface area contributed by atoms with Crippen molar-refractivity contribution in [2.45, 2.75) is 19.4 Å². The summed E-state index contributed by atoms with van der Waals surface area (Å²) in [5, 5.41) is 9.93. The lowest BCUT2D eigenvalue weighted by Crippen LogP contribution is -2.29. The predicted octanol–water partition coefficient (Wildman–Crippen LogP) is 1.85. The summed E-state index contributed by atoms with van der Waals surface area (Å²) >= 11 is 1.21. The average Bonchev–Trinajstić information content (AvgIpc) is 2.85. The summed E-state index contributed by atoms with van der Waals surface area (Å²) in [6.45, 7) is 2.73. The molecule has 0 atom stereocenters. The van der Waals surface area contributed by atoms with Crippen LogP contribution < -0.4 is 4.90 Å². The minimum Gasteiger partial charge on any atom is -0.477 e. The van der Waals surface area contributed by atoms with Gasteiger partial charge in [-0.05, 0) is 18.8 Å². The third-order valence-electron chi connectivity index (χ3n) is 3.36. The van der Waals surface area contributed by atoms with Gasteiger partial charge in [0.15, 0.2) is 5.13 Å². The molecule has 112 valence electrons. The van der Waals surface area contributed by atoms with E-state index in [9.17, 15) is 9.90 Å². The van der Waals surface area contributed by atoms with Crippen LogP contribution in [0.5, 0.6) is 0 Å². The number of carbonyl (C=O) groups is 1. The zero-order valence-corrected chi connectivity index (χ0v) is 12.6. The summed E-state index contributed by atoms with van der Waals surface area (Å²) < 4.78 is 10.4. The van der Waals surface area contributed by atoms with Crippen LogP contribution in [0.4, 0.5) is 5.13 Å². The number of hydrogen-bond acceptors (Lipinski definition) is 6. The van der Waals surface area contributed by atoms with Crippen LogP contribution in [0.2, 0.25) is 0 Å². The van der Waals surface area contributed by atoms with Gasteiger partial charge in [-0.25, -0.2) is 9.78 Å². The largest absolute Gasteiger partial charge is 0.477 e. The van der Waals surface area contributed by atoms with Crippen LogP contribution in [0.3, 0.4) is 0 Å². The number of carboxylic acid groups (broad SMARTS) is 1. The van der Waals surface area contributed by atoms with E-state index >= 15 is 0 Å². The third-order valence-corrected chi connectivity index (χ3v) is 4.56. The van der Waals surface area contributed by atoms with E-state index in [-0.39, 0.29) is 11.5 Å². The molecule has 1 aromatic heterocycles. The highest BCUT2D eigenvalue weighted by Gasteiger charge is 2.21. The standard InChI is InChI=1S/C13H20N2O4S/c1-15(7-9-3-5-19-6-4-9)13-14-10(8-18-2)11(20-13)12(16)17/h9H,3-8H2,1-2H3,(H,16,17). The number of thiazole rings is 1. The molecule has 2 rings (SSSR count). The van der Waals surface area contributed by atoms with Gasteiger partial charge in [0.25, 0.3) is 0 Å². The Labute approximate surface area is 122 Å². The number of methoxy groups -OCH3 is 1. The minimum absolute atomic E-state index is 0.225. The third kappa shape index (κ3) is 3.68. The Bertz CT molecular complexity index is 457. The molecule has 1 aliphatic heterocycles. The van der Waals surface area contributed by atoms with E-state index in [2.05, 4.69) is 4.98 Å². The normalized spacial score (nSPS) is 16.3. The Morgan fingerprint density at radius 2 is 2.25 bits per heavy atom. The van der Waals surface area contributed by atoms with Crippen molar-refractivity contribution in [3.05, 3.63) is 10.6 Å². The van der Waals surface area contributed by atoms with Gasteiger partial charge in [-0.15, -0.1) is 0 Å². The Hall–Kier alpha value is -1.18. The quantitative estimate of drug-likeness (QED) is 0.864. The highest BCUT2D eigenvalue weighted by atomic mass is 32.1. The molecule has 0 amide bonds. The van der Waals surface area contributed by atoms with Gasteiger partial charge in [0, 0.05) is 33.9 Å². The van der Waals surface area contributed by atoms with Gasteiger partial charge in [0.1, 0.15) is 4.88 Å².